The van der Waals surface area contributed by atoms with E-state index in [1.807, 2.05) is 6.92 Å². The first kappa shape index (κ1) is 8.49. The molecule has 0 aromatic carbocycles. The third kappa shape index (κ3) is 1.70. The molecule has 1 aliphatic rings. The van der Waals surface area contributed by atoms with E-state index in [0.29, 0.717) is 13.0 Å². The second-order valence-electron chi connectivity index (χ2n) is 3.04. The molecule has 0 aromatic heterocycles. The van der Waals surface area contributed by atoms with E-state index in [4.69, 9.17) is 10.8 Å². The van der Waals surface area contributed by atoms with E-state index in [1.165, 1.54) is 0 Å². The Morgan fingerprint density at radius 3 is 2.91 bits per heavy atom. The van der Waals surface area contributed by atoms with Crippen molar-refractivity contribution in [2.75, 3.05) is 13.2 Å². The predicted octanol–water partition coefficient (Wildman–Crippen LogP) is -1.07. The van der Waals surface area contributed by atoms with E-state index in [1.54, 1.807) is 4.90 Å². The van der Waals surface area contributed by atoms with E-state index in [-0.39, 0.29) is 24.6 Å². The highest BCUT2D eigenvalue weighted by Gasteiger charge is 2.29. The number of likely N-dealkylation sites (tertiary alicyclic amines) is 1. The highest BCUT2D eigenvalue weighted by molar-refractivity contribution is 5.79. The minimum atomic E-state index is -0.0870. The molecule has 1 rings (SSSR count). The van der Waals surface area contributed by atoms with Crippen LogP contribution in [0, 0.1) is 0 Å². The van der Waals surface area contributed by atoms with Crippen molar-refractivity contribution < 1.29 is 9.90 Å². The number of rotatable bonds is 2. The molecule has 11 heavy (non-hydrogen) atoms. The second-order valence-corrected chi connectivity index (χ2v) is 3.04. The fourth-order valence-electron chi connectivity index (χ4n) is 1.28. The van der Waals surface area contributed by atoms with Gasteiger partial charge in [0.2, 0.25) is 5.91 Å². The predicted molar refractivity (Wildman–Crippen MR) is 40.9 cm³/mol. The molecular formula is C7H14N2O2. The molecule has 0 aromatic rings. The summed E-state index contributed by atoms with van der Waals surface area (Å²) in [5.74, 6) is 0.0547. The maximum atomic E-state index is 11.1. The molecule has 2 atom stereocenters. The zero-order valence-electron chi connectivity index (χ0n) is 6.66. The Morgan fingerprint density at radius 1 is 1.91 bits per heavy atom. The lowest BCUT2D eigenvalue weighted by molar-refractivity contribution is -0.130. The Labute approximate surface area is 66.0 Å². The third-order valence-corrected chi connectivity index (χ3v) is 1.98. The van der Waals surface area contributed by atoms with Gasteiger partial charge in [0.15, 0.2) is 0 Å². The number of carbonyl (C=O) groups excluding carboxylic acids is 1. The monoisotopic (exact) mass is 158 g/mol. The van der Waals surface area contributed by atoms with Crippen molar-refractivity contribution in [3.63, 3.8) is 0 Å². The summed E-state index contributed by atoms with van der Waals surface area (Å²) in [6.45, 7) is 2.41. The molecule has 0 bridgehead atoms. The molecule has 4 nitrogen and oxygen atoms in total. The van der Waals surface area contributed by atoms with Crippen LogP contribution in [0.1, 0.15) is 13.3 Å². The SMILES string of the molecule is C[C@@H](CO)N1CC(N)CC1=O. The fraction of sp³-hybridized carbons (Fsp3) is 0.857. The number of aliphatic hydroxyl groups excluding tert-OH is 1. The Hall–Kier alpha value is -0.610. The van der Waals surface area contributed by atoms with Crippen LogP contribution in [-0.2, 0) is 4.79 Å². The van der Waals surface area contributed by atoms with Crippen LogP contribution in [0.5, 0.6) is 0 Å². The summed E-state index contributed by atoms with van der Waals surface area (Å²) in [5, 5.41) is 8.76. The summed E-state index contributed by atoms with van der Waals surface area (Å²) in [5.41, 5.74) is 5.56. The van der Waals surface area contributed by atoms with Gasteiger partial charge in [-0.2, -0.15) is 0 Å². The zero-order valence-corrected chi connectivity index (χ0v) is 6.66. The molecular weight excluding hydrogens is 144 g/mol. The van der Waals surface area contributed by atoms with Gasteiger partial charge in [-0.1, -0.05) is 0 Å². The van der Waals surface area contributed by atoms with Crippen LogP contribution in [0.15, 0.2) is 0 Å². The Kier molecular flexibility index (Phi) is 2.46. The van der Waals surface area contributed by atoms with E-state index in [9.17, 15) is 4.79 Å². The number of nitrogens with two attached hydrogens (primary N) is 1. The molecule has 0 aliphatic carbocycles. The summed E-state index contributed by atoms with van der Waals surface area (Å²) < 4.78 is 0. The molecule has 0 spiro atoms. The molecule has 64 valence electrons. The quantitative estimate of drug-likeness (QED) is 0.537. The maximum Gasteiger partial charge on any atom is 0.224 e. The van der Waals surface area contributed by atoms with Crippen molar-refractivity contribution in [3.8, 4) is 0 Å². The summed E-state index contributed by atoms with van der Waals surface area (Å²) in [4.78, 5) is 12.7. The average molecular weight is 158 g/mol. The molecule has 1 fully saturated rings. The fourth-order valence-corrected chi connectivity index (χ4v) is 1.28. The number of hydrogen-bond acceptors (Lipinski definition) is 3. The number of nitrogens with zero attached hydrogens (tertiary/aromatic N) is 1. The molecule has 1 unspecified atom stereocenters. The Bertz CT molecular complexity index is 161. The number of aliphatic hydroxyl groups is 1. The second kappa shape index (κ2) is 3.19. The van der Waals surface area contributed by atoms with Crippen molar-refractivity contribution >= 4 is 5.91 Å². The van der Waals surface area contributed by atoms with Crippen LogP contribution >= 0.6 is 0 Å². The van der Waals surface area contributed by atoms with E-state index < -0.39 is 0 Å². The van der Waals surface area contributed by atoms with E-state index in [2.05, 4.69) is 0 Å². The van der Waals surface area contributed by atoms with Crippen molar-refractivity contribution in [1.82, 2.24) is 4.90 Å². The molecule has 4 heteroatoms. The molecule has 0 saturated carbocycles. The minimum absolute atomic E-state index is 0.0124. The van der Waals surface area contributed by atoms with Crippen LogP contribution in [0.25, 0.3) is 0 Å². The maximum absolute atomic E-state index is 11.1. The molecule has 0 radical (unpaired) electrons. The first-order valence-corrected chi connectivity index (χ1v) is 3.81. The van der Waals surface area contributed by atoms with E-state index >= 15 is 0 Å². The van der Waals surface area contributed by atoms with Crippen LogP contribution in [0.4, 0.5) is 0 Å². The van der Waals surface area contributed by atoms with Crippen molar-refractivity contribution in [2.24, 2.45) is 5.73 Å². The van der Waals surface area contributed by atoms with Crippen molar-refractivity contribution in [3.05, 3.63) is 0 Å². The number of carbonyl (C=O) groups is 1. The lowest BCUT2D eigenvalue weighted by Crippen LogP contribution is -2.38. The van der Waals surface area contributed by atoms with Gasteiger partial charge in [-0.05, 0) is 6.92 Å². The smallest absolute Gasteiger partial charge is 0.224 e. The lowest BCUT2D eigenvalue weighted by Gasteiger charge is -2.22. The summed E-state index contributed by atoms with van der Waals surface area (Å²) in [6.07, 6.45) is 0.421. The molecule has 1 saturated heterocycles. The molecule has 1 amide bonds. The van der Waals surface area contributed by atoms with Gasteiger partial charge in [0.25, 0.3) is 0 Å². The van der Waals surface area contributed by atoms with Gasteiger partial charge in [0.05, 0.1) is 12.6 Å². The molecule has 3 N–H and O–H groups in total. The Morgan fingerprint density at radius 2 is 2.55 bits per heavy atom. The normalized spacial score (nSPS) is 27.7. The summed E-state index contributed by atoms with van der Waals surface area (Å²) in [7, 11) is 0. The van der Waals surface area contributed by atoms with Crippen molar-refractivity contribution in [2.45, 2.75) is 25.4 Å². The zero-order chi connectivity index (χ0) is 8.43. The van der Waals surface area contributed by atoms with Crippen molar-refractivity contribution in [1.29, 1.82) is 0 Å². The largest absolute Gasteiger partial charge is 0.394 e. The van der Waals surface area contributed by atoms with Gasteiger partial charge in [-0.15, -0.1) is 0 Å². The van der Waals surface area contributed by atoms with Crippen LogP contribution in [-0.4, -0.2) is 41.1 Å². The Balaban J connectivity index is 2.52. The van der Waals surface area contributed by atoms with Gasteiger partial charge in [-0.3, -0.25) is 4.79 Å². The van der Waals surface area contributed by atoms with Crippen LogP contribution < -0.4 is 5.73 Å². The van der Waals surface area contributed by atoms with Gasteiger partial charge < -0.3 is 15.7 Å². The van der Waals surface area contributed by atoms with Crippen LogP contribution in [0.2, 0.25) is 0 Å². The van der Waals surface area contributed by atoms with Gasteiger partial charge in [0.1, 0.15) is 0 Å². The minimum Gasteiger partial charge on any atom is -0.394 e. The molecule has 1 heterocycles. The summed E-state index contributed by atoms with van der Waals surface area (Å²) in [6, 6.07) is -0.132. The lowest BCUT2D eigenvalue weighted by atomic mass is 10.3. The van der Waals surface area contributed by atoms with Gasteiger partial charge in [-0.25, -0.2) is 0 Å². The first-order valence-electron chi connectivity index (χ1n) is 3.81. The molecule has 1 aliphatic heterocycles. The van der Waals surface area contributed by atoms with Gasteiger partial charge in [0, 0.05) is 19.0 Å². The first-order chi connectivity index (χ1) is 5.15. The van der Waals surface area contributed by atoms with Gasteiger partial charge >= 0.3 is 0 Å². The third-order valence-electron chi connectivity index (χ3n) is 1.98. The topological polar surface area (TPSA) is 66.6 Å². The number of amides is 1. The number of hydrogen-bond donors (Lipinski definition) is 2. The highest BCUT2D eigenvalue weighted by Crippen LogP contribution is 2.11. The highest BCUT2D eigenvalue weighted by atomic mass is 16.3. The van der Waals surface area contributed by atoms with E-state index in [0.717, 1.165) is 0 Å². The summed E-state index contributed by atoms with van der Waals surface area (Å²) >= 11 is 0. The van der Waals surface area contributed by atoms with Crippen LogP contribution in [0.3, 0.4) is 0 Å². The standard InChI is InChI=1S/C7H14N2O2/c1-5(4-10)9-3-6(8)2-7(9)11/h5-6,10H,2-4,8H2,1H3/t5-,6?/m0/s1. The average Bonchev–Trinajstić information content (AvgIpc) is 2.28.